The van der Waals surface area contributed by atoms with Gasteiger partial charge in [-0.2, -0.15) is 0 Å². The van der Waals surface area contributed by atoms with Gasteiger partial charge in [-0.05, 0) is 73.5 Å². The third kappa shape index (κ3) is 5.70. The van der Waals surface area contributed by atoms with Crippen LogP contribution in [0.25, 0.3) is 0 Å². The first-order valence-corrected chi connectivity index (χ1v) is 9.26. The third-order valence-electron chi connectivity index (χ3n) is 3.39. The number of carbonyl (C=O) groups excluding carboxylic acids is 1. The average Bonchev–Trinajstić information content (AvgIpc) is 2.78. The molecule has 1 N–H and O–H groups in total. The van der Waals surface area contributed by atoms with Gasteiger partial charge < -0.3 is 10.1 Å². The molecule has 0 aliphatic carbocycles. The molecule has 1 fully saturated rings. The zero-order chi connectivity index (χ0) is 16.3. The van der Waals surface area contributed by atoms with Gasteiger partial charge >= 0.3 is 6.09 Å². The summed E-state index contributed by atoms with van der Waals surface area (Å²) in [5.41, 5.74) is 0.832. The maximum atomic E-state index is 11.8. The van der Waals surface area contributed by atoms with E-state index in [-0.39, 0.29) is 12.1 Å². The number of alkyl carbamates (subject to hydrolysis) is 1. The second-order valence-electron chi connectivity index (χ2n) is 6.60. The molecule has 1 saturated heterocycles. The van der Waals surface area contributed by atoms with Crippen LogP contribution in [0.15, 0.2) is 22.7 Å². The van der Waals surface area contributed by atoms with Gasteiger partial charge in [-0.3, -0.25) is 4.90 Å². The predicted octanol–water partition coefficient (Wildman–Crippen LogP) is 4.15. The number of likely N-dealkylation sites (tertiary alicyclic amines) is 1. The molecule has 122 valence electrons. The fraction of sp³-hybridized carbons (Fsp3) is 0.562. The molecule has 6 heteroatoms. The number of halogens is 2. The van der Waals surface area contributed by atoms with Crippen LogP contribution in [0.5, 0.6) is 0 Å². The number of ether oxygens (including phenoxy) is 1. The van der Waals surface area contributed by atoms with E-state index in [0.29, 0.717) is 0 Å². The maximum Gasteiger partial charge on any atom is 0.407 e. The van der Waals surface area contributed by atoms with E-state index in [2.05, 4.69) is 66.9 Å². The molecule has 1 atom stereocenters. The van der Waals surface area contributed by atoms with Crippen molar-refractivity contribution in [3.63, 3.8) is 0 Å². The van der Waals surface area contributed by atoms with E-state index in [1.807, 2.05) is 20.8 Å². The lowest BCUT2D eigenvalue weighted by atomic mass is 10.2. The Bertz CT molecular complexity index is 545. The SMILES string of the molecule is CC(C)(C)OC(=O)NC1CCN(Cc2cc(I)ccc2Br)C1. The second kappa shape index (κ2) is 7.49. The summed E-state index contributed by atoms with van der Waals surface area (Å²) in [6.07, 6.45) is 0.635. The largest absolute Gasteiger partial charge is 0.444 e. The molecule has 1 amide bonds. The van der Waals surface area contributed by atoms with Gasteiger partial charge in [-0.25, -0.2) is 4.79 Å². The molecule has 0 bridgehead atoms. The van der Waals surface area contributed by atoms with Gasteiger partial charge in [-0.1, -0.05) is 15.9 Å². The Labute approximate surface area is 154 Å². The van der Waals surface area contributed by atoms with Crippen LogP contribution in [0.2, 0.25) is 0 Å². The van der Waals surface area contributed by atoms with Crippen LogP contribution in [-0.2, 0) is 11.3 Å². The summed E-state index contributed by atoms with van der Waals surface area (Å²) in [4.78, 5) is 14.2. The van der Waals surface area contributed by atoms with Crippen LogP contribution in [0.1, 0.15) is 32.8 Å². The Morgan fingerprint density at radius 2 is 2.23 bits per heavy atom. The summed E-state index contributed by atoms with van der Waals surface area (Å²) in [5, 5.41) is 2.96. The van der Waals surface area contributed by atoms with Crippen LogP contribution in [0.4, 0.5) is 4.79 Å². The first-order chi connectivity index (χ1) is 10.2. The Morgan fingerprint density at radius 3 is 2.91 bits per heavy atom. The fourth-order valence-corrected chi connectivity index (χ4v) is 3.40. The summed E-state index contributed by atoms with van der Waals surface area (Å²) in [7, 11) is 0. The Hall–Kier alpha value is -0.340. The standard InChI is InChI=1S/C16H22BrIN2O2/c1-16(2,3)22-15(21)19-13-6-7-20(10-13)9-11-8-12(18)4-5-14(11)17/h4-5,8,13H,6-7,9-10H2,1-3H3,(H,19,21). The van der Waals surface area contributed by atoms with Crippen LogP contribution >= 0.6 is 38.5 Å². The highest BCUT2D eigenvalue weighted by Crippen LogP contribution is 2.23. The molecule has 2 rings (SSSR count). The lowest BCUT2D eigenvalue weighted by molar-refractivity contribution is 0.0506. The Balaban J connectivity index is 1.85. The van der Waals surface area contributed by atoms with E-state index >= 15 is 0 Å². The van der Waals surface area contributed by atoms with Crippen LogP contribution < -0.4 is 5.32 Å². The molecule has 0 radical (unpaired) electrons. The van der Waals surface area contributed by atoms with Gasteiger partial charge in [0.05, 0.1) is 0 Å². The number of rotatable bonds is 3. The lowest BCUT2D eigenvalue weighted by Crippen LogP contribution is -2.40. The van der Waals surface area contributed by atoms with E-state index in [1.54, 1.807) is 0 Å². The molecule has 1 aliphatic heterocycles. The number of hydrogen-bond acceptors (Lipinski definition) is 3. The normalized spacial score (nSPS) is 19.2. The first kappa shape index (κ1) is 18.0. The minimum Gasteiger partial charge on any atom is -0.444 e. The van der Waals surface area contributed by atoms with Gasteiger partial charge in [-0.15, -0.1) is 0 Å². The number of nitrogens with one attached hydrogen (secondary N) is 1. The molecule has 4 nitrogen and oxygen atoms in total. The summed E-state index contributed by atoms with van der Waals surface area (Å²) >= 11 is 5.93. The van der Waals surface area contributed by atoms with E-state index in [4.69, 9.17) is 4.74 Å². The van der Waals surface area contributed by atoms with Gasteiger partial charge in [0.15, 0.2) is 0 Å². The summed E-state index contributed by atoms with van der Waals surface area (Å²) in [6.45, 7) is 8.37. The van der Waals surface area contributed by atoms with Crippen molar-refractivity contribution in [2.45, 2.75) is 45.4 Å². The topological polar surface area (TPSA) is 41.6 Å². The quantitative estimate of drug-likeness (QED) is 0.660. The van der Waals surface area contributed by atoms with E-state index in [9.17, 15) is 4.79 Å². The van der Waals surface area contributed by atoms with E-state index in [0.717, 1.165) is 30.5 Å². The van der Waals surface area contributed by atoms with E-state index in [1.165, 1.54) is 9.13 Å². The summed E-state index contributed by atoms with van der Waals surface area (Å²) in [6, 6.07) is 6.53. The fourth-order valence-electron chi connectivity index (χ4n) is 2.47. The average molecular weight is 481 g/mol. The van der Waals surface area contributed by atoms with Crippen molar-refractivity contribution in [1.82, 2.24) is 10.2 Å². The Kier molecular flexibility index (Phi) is 6.13. The highest BCUT2D eigenvalue weighted by atomic mass is 127. The van der Waals surface area contributed by atoms with Crippen molar-refractivity contribution < 1.29 is 9.53 Å². The molecule has 1 aliphatic rings. The number of nitrogens with zero attached hydrogens (tertiary/aromatic N) is 1. The molecule has 0 saturated carbocycles. The van der Waals surface area contributed by atoms with Crippen molar-refractivity contribution in [3.05, 3.63) is 31.8 Å². The molecular weight excluding hydrogens is 459 g/mol. The molecule has 0 aromatic heterocycles. The monoisotopic (exact) mass is 480 g/mol. The Morgan fingerprint density at radius 1 is 1.50 bits per heavy atom. The number of carbonyl (C=O) groups is 1. The zero-order valence-corrected chi connectivity index (χ0v) is 16.9. The van der Waals surface area contributed by atoms with Crippen LogP contribution in [-0.4, -0.2) is 35.7 Å². The molecular formula is C16H22BrIN2O2. The predicted molar refractivity (Wildman–Crippen MR) is 99.9 cm³/mol. The molecule has 1 heterocycles. The summed E-state index contributed by atoms with van der Waals surface area (Å²) in [5.74, 6) is 0. The van der Waals surface area contributed by atoms with Crippen molar-refractivity contribution in [2.24, 2.45) is 0 Å². The number of hydrogen-bond donors (Lipinski definition) is 1. The maximum absolute atomic E-state index is 11.8. The van der Waals surface area contributed by atoms with Gasteiger partial charge in [0.25, 0.3) is 0 Å². The van der Waals surface area contributed by atoms with Crippen molar-refractivity contribution in [3.8, 4) is 0 Å². The van der Waals surface area contributed by atoms with Crippen molar-refractivity contribution in [2.75, 3.05) is 13.1 Å². The first-order valence-electron chi connectivity index (χ1n) is 7.39. The lowest BCUT2D eigenvalue weighted by Gasteiger charge is -2.22. The second-order valence-corrected chi connectivity index (χ2v) is 8.70. The van der Waals surface area contributed by atoms with Crippen molar-refractivity contribution in [1.29, 1.82) is 0 Å². The number of benzene rings is 1. The van der Waals surface area contributed by atoms with Crippen LogP contribution in [0, 0.1) is 3.57 Å². The minimum absolute atomic E-state index is 0.163. The highest BCUT2D eigenvalue weighted by Gasteiger charge is 2.26. The van der Waals surface area contributed by atoms with Gasteiger partial charge in [0, 0.05) is 33.7 Å². The van der Waals surface area contributed by atoms with Crippen LogP contribution in [0.3, 0.4) is 0 Å². The minimum atomic E-state index is -0.450. The van der Waals surface area contributed by atoms with Crippen molar-refractivity contribution >= 4 is 44.6 Å². The molecule has 1 aromatic carbocycles. The highest BCUT2D eigenvalue weighted by molar-refractivity contribution is 14.1. The smallest absolute Gasteiger partial charge is 0.407 e. The third-order valence-corrected chi connectivity index (χ3v) is 4.84. The van der Waals surface area contributed by atoms with Gasteiger partial charge in [0.1, 0.15) is 5.60 Å². The molecule has 1 unspecified atom stereocenters. The van der Waals surface area contributed by atoms with Gasteiger partial charge in [0.2, 0.25) is 0 Å². The zero-order valence-electron chi connectivity index (χ0n) is 13.2. The molecule has 22 heavy (non-hydrogen) atoms. The molecule has 1 aromatic rings. The summed E-state index contributed by atoms with van der Waals surface area (Å²) < 4.78 is 7.68. The number of amides is 1. The van der Waals surface area contributed by atoms with E-state index < -0.39 is 5.60 Å². The molecule has 0 spiro atoms.